The van der Waals surface area contributed by atoms with Crippen LogP contribution in [0.15, 0.2) is 24.3 Å². The lowest BCUT2D eigenvalue weighted by atomic mass is 10.2. The first-order valence-electron chi connectivity index (χ1n) is 5.82. The van der Waals surface area contributed by atoms with Gasteiger partial charge in [0.2, 0.25) is 5.91 Å². The molecule has 0 spiro atoms. The van der Waals surface area contributed by atoms with E-state index in [1.807, 2.05) is 6.07 Å². The van der Waals surface area contributed by atoms with Gasteiger partial charge in [-0.3, -0.25) is 4.79 Å². The number of carbonyl (C=O) groups is 2. The van der Waals surface area contributed by atoms with Crippen LogP contribution < -0.4 is 15.0 Å². The van der Waals surface area contributed by atoms with Crippen LogP contribution in [0.1, 0.15) is 6.92 Å². The predicted molar refractivity (Wildman–Crippen MR) is 71.4 cm³/mol. The maximum atomic E-state index is 11.6. The highest BCUT2D eigenvalue weighted by Gasteiger charge is 2.12. The molecule has 1 rings (SSSR count). The number of nitrogens with one attached hydrogen (secondary N) is 1. The quantitative estimate of drug-likeness (QED) is 0.874. The van der Waals surface area contributed by atoms with Gasteiger partial charge < -0.3 is 19.7 Å². The molecule has 0 aliphatic carbocycles. The van der Waals surface area contributed by atoms with E-state index in [0.717, 1.165) is 5.69 Å². The van der Waals surface area contributed by atoms with Gasteiger partial charge in [-0.2, -0.15) is 0 Å². The van der Waals surface area contributed by atoms with Crippen LogP contribution >= 0.6 is 0 Å². The molecule has 1 aromatic rings. The van der Waals surface area contributed by atoms with E-state index in [2.05, 4.69) is 10.1 Å². The zero-order chi connectivity index (χ0) is 14.3. The van der Waals surface area contributed by atoms with Crippen molar-refractivity contribution in [2.24, 2.45) is 0 Å². The van der Waals surface area contributed by atoms with Crippen LogP contribution in [-0.2, 0) is 9.53 Å². The van der Waals surface area contributed by atoms with E-state index in [1.54, 1.807) is 30.2 Å². The molecule has 0 fully saturated rings. The van der Waals surface area contributed by atoms with E-state index in [-0.39, 0.29) is 5.91 Å². The Balaban J connectivity index is 2.71. The highest BCUT2D eigenvalue weighted by molar-refractivity contribution is 5.91. The molecule has 1 aromatic carbocycles. The molecule has 0 radical (unpaired) electrons. The molecule has 0 atom stereocenters. The van der Waals surface area contributed by atoms with Crippen LogP contribution in [0.5, 0.6) is 5.75 Å². The number of benzene rings is 1. The van der Waals surface area contributed by atoms with Gasteiger partial charge in [0.05, 0.1) is 14.2 Å². The first kappa shape index (κ1) is 14.8. The lowest BCUT2D eigenvalue weighted by molar-refractivity contribution is -0.116. The maximum Gasteiger partial charge on any atom is 0.406 e. The molecule has 19 heavy (non-hydrogen) atoms. The summed E-state index contributed by atoms with van der Waals surface area (Å²) in [6.07, 6.45) is -0.519. The third-order valence-corrected chi connectivity index (χ3v) is 2.54. The number of anilines is 1. The Bertz CT molecular complexity index is 448. The molecule has 0 saturated carbocycles. The zero-order valence-corrected chi connectivity index (χ0v) is 11.3. The van der Waals surface area contributed by atoms with Crippen molar-refractivity contribution in [3.05, 3.63) is 24.3 Å². The van der Waals surface area contributed by atoms with Crippen LogP contribution in [0.3, 0.4) is 0 Å². The predicted octanol–water partition coefficient (Wildman–Crippen LogP) is 1.40. The normalized spacial score (nSPS) is 9.63. The summed E-state index contributed by atoms with van der Waals surface area (Å²) in [5.41, 5.74) is 0.721. The molecule has 0 aliphatic heterocycles. The molecule has 2 amide bonds. The van der Waals surface area contributed by atoms with E-state index in [9.17, 15) is 9.59 Å². The molecule has 104 valence electrons. The average Bonchev–Trinajstić information content (AvgIpc) is 2.42. The number of ether oxygens (including phenoxy) is 2. The van der Waals surface area contributed by atoms with Gasteiger partial charge in [-0.25, -0.2) is 4.79 Å². The van der Waals surface area contributed by atoms with Crippen LogP contribution in [-0.4, -0.2) is 39.3 Å². The molecular formula is C13H18N2O4. The molecule has 0 saturated heterocycles. The summed E-state index contributed by atoms with van der Waals surface area (Å²) in [5.74, 6) is 0.560. The van der Waals surface area contributed by atoms with Crippen LogP contribution in [0.25, 0.3) is 0 Å². The van der Waals surface area contributed by atoms with Crippen molar-refractivity contribution in [1.82, 2.24) is 5.32 Å². The second kappa shape index (κ2) is 7.25. The molecule has 6 nitrogen and oxygen atoms in total. The molecule has 0 aromatic heterocycles. The van der Waals surface area contributed by atoms with Gasteiger partial charge in [0.15, 0.2) is 0 Å². The van der Waals surface area contributed by atoms with Crippen LogP contribution in [0.2, 0.25) is 0 Å². The van der Waals surface area contributed by atoms with Gasteiger partial charge in [0.1, 0.15) is 5.75 Å². The number of hydrogen-bond acceptors (Lipinski definition) is 4. The summed E-state index contributed by atoms with van der Waals surface area (Å²) in [7, 11) is 2.86. The van der Waals surface area contributed by atoms with E-state index < -0.39 is 6.09 Å². The number of carbonyl (C=O) groups excluding carboxylic acids is 2. The van der Waals surface area contributed by atoms with Crippen molar-refractivity contribution in [3.8, 4) is 5.75 Å². The summed E-state index contributed by atoms with van der Waals surface area (Å²) in [6.45, 7) is 2.14. The lowest BCUT2D eigenvalue weighted by Gasteiger charge is -2.21. The standard InChI is InChI=1S/C13H18N2O4/c1-10(16)15(8-7-14-13(17)19-3)11-5-4-6-12(9-11)18-2/h4-6,9H,7-8H2,1-3H3,(H,14,17). The second-order valence-corrected chi connectivity index (χ2v) is 3.79. The maximum absolute atomic E-state index is 11.6. The zero-order valence-electron chi connectivity index (χ0n) is 11.3. The highest BCUT2D eigenvalue weighted by Crippen LogP contribution is 2.20. The number of hydrogen-bond donors (Lipinski definition) is 1. The lowest BCUT2D eigenvalue weighted by Crippen LogP contribution is -2.37. The second-order valence-electron chi connectivity index (χ2n) is 3.79. The number of alkyl carbamates (subject to hydrolysis) is 1. The Hall–Kier alpha value is -2.24. The first-order valence-corrected chi connectivity index (χ1v) is 5.82. The topological polar surface area (TPSA) is 67.9 Å². The fraction of sp³-hybridized carbons (Fsp3) is 0.385. The number of methoxy groups -OCH3 is 2. The summed E-state index contributed by atoms with van der Waals surface area (Å²) >= 11 is 0. The van der Waals surface area contributed by atoms with E-state index in [4.69, 9.17) is 4.74 Å². The molecule has 1 N–H and O–H groups in total. The van der Waals surface area contributed by atoms with Crippen molar-refractivity contribution >= 4 is 17.7 Å². The van der Waals surface area contributed by atoms with Crippen LogP contribution in [0.4, 0.5) is 10.5 Å². The van der Waals surface area contributed by atoms with Crippen molar-refractivity contribution in [3.63, 3.8) is 0 Å². The SMILES string of the molecule is COC(=O)NCCN(C(C)=O)c1cccc(OC)c1. The minimum Gasteiger partial charge on any atom is -0.497 e. The largest absolute Gasteiger partial charge is 0.497 e. The number of rotatable bonds is 5. The Morgan fingerprint density at radius 3 is 2.63 bits per heavy atom. The number of nitrogens with zero attached hydrogens (tertiary/aromatic N) is 1. The third-order valence-electron chi connectivity index (χ3n) is 2.54. The van der Waals surface area contributed by atoms with Gasteiger partial charge in [0.25, 0.3) is 0 Å². The third kappa shape index (κ3) is 4.50. The Labute approximate surface area is 112 Å². The monoisotopic (exact) mass is 266 g/mol. The van der Waals surface area contributed by atoms with Gasteiger partial charge in [-0.15, -0.1) is 0 Å². The fourth-order valence-corrected chi connectivity index (χ4v) is 1.59. The fourth-order valence-electron chi connectivity index (χ4n) is 1.59. The van der Waals surface area contributed by atoms with Crippen molar-refractivity contribution < 1.29 is 19.1 Å². The van der Waals surface area contributed by atoms with Crippen molar-refractivity contribution in [2.45, 2.75) is 6.92 Å². The summed E-state index contributed by atoms with van der Waals surface area (Å²) in [5, 5.41) is 2.53. The van der Waals surface area contributed by atoms with Crippen molar-refractivity contribution in [1.29, 1.82) is 0 Å². The Morgan fingerprint density at radius 2 is 2.05 bits per heavy atom. The average molecular weight is 266 g/mol. The van der Waals surface area contributed by atoms with Gasteiger partial charge in [-0.05, 0) is 12.1 Å². The highest BCUT2D eigenvalue weighted by atomic mass is 16.5. The molecular weight excluding hydrogens is 248 g/mol. The Morgan fingerprint density at radius 1 is 1.32 bits per heavy atom. The molecule has 0 aliphatic rings. The van der Waals surface area contributed by atoms with E-state index in [1.165, 1.54) is 14.0 Å². The van der Waals surface area contributed by atoms with E-state index >= 15 is 0 Å². The molecule has 0 unspecified atom stereocenters. The van der Waals surface area contributed by atoms with Crippen LogP contribution in [0, 0.1) is 0 Å². The number of amides is 2. The molecule has 0 heterocycles. The summed E-state index contributed by atoms with van der Waals surface area (Å²) in [6, 6.07) is 7.17. The summed E-state index contributed by atoms with van der Waals surface area (Å²) < 4.78 is 9.58. The van der Waals surface area contributed by atoms with Gasteiger partial charge in [0, 0.05) is 31.8 Å². The molecule has 6 heteroatoms. The first-order chi connectivity index (χ1) is 9.08. The Kier molecular flexibility index (Phi) is 5.66. The smallest absolute Gasteiger partial charge is 0.406 e. The van der Waals surface area contributed by atoms with E-state index in [0.29, 0.717) is 18.8 Å². The minimum atomic E-state index is -0.519. The molecule has 0 bridgehead atoms. The van der Waals surface area contributed by atoms with Crippen molar-refractivity contribution in [2.75, 3.05) is 32.2 Å². The van der Waals surface area contributed by atoms with Gasteiger partial charge in [-0.1, -0.05) is 6.07 Å². The minimum absolute atomic E-state index is 0.111. The van der Waals surface area contributed by atoms with Gasteiger partial charge >= 0.3 is 6.09 Å². The summed E-state index contributed by atoms with van der Waals surface area (Å²) in [4.78, 5) is 24.1.